The number of aliphatic carboxylic acids is 1. The molecule has 7 rings (SSSR count). The number of unbranched alkanes of at least 4 members (excludes halogenated alkanes) is 6. The van der Waals surface area contributed by atoms with Gasteiger partial charge in [0.25, 0.3) is 93.4 Å². The Balaban J connectivity index is -0.000000365. The number of carbonyl (C=O) groups is 16. The molecule has 22 N–H and O–H groups in total. The quantitative estimate of drug-likeness (QED) is 0.00201. The van der Waals surface area contributed by atoms with Crippen LogP contribution >= 0.6 is 0 Å². The van der Waals surface area contributed by atoms with Crippen molar-refractivity contribution in [3.8, 4) is 0 Å². The molecule has 721 valence electrons. The van der Waals surface area contributed by atoms with Crippen molar-refractivity contribution in [1.29, 1.82) is 22.1 Å². The minimum atomic E-state index is -4.90. The number of halogens is 1. The van der Waals surface area contributed by atoms with Crippen LogP contribution in [0.25, 0.3) is 0 Å². The summed E-state index contributed by atoms with van der Waals surface area (Å²) < 4.78 is 142. The van der Waals surface area contributed by atoms with Gasteiger partial charge >= 0.3 is 30.0 Å². The molecule has 0 unspecified atom stereocenters. The molecule has 3 radical (unpaired) electrons. The van der Waals surface area contributed by atoms with E-state index in [1.54, 1.807) is 47.0 Å². The van der Waals surface area contributed by atoms with Gasteiger partial charge in [0.1, 0.15) is 36.4 Å². The summed E-state index contributed by atoms with van der Waals surface area (Å²) >= 11 is 0. The first-order valence-corrected chi connectivity index (χ1v) is 41.8. The molecule has 4 aromatic carbocycles. The molecule has 0 aromatic heterocycles. The number of carboxylic acids is 2. The molecule has 130 heavy (non-hydrogen) atoms. The van der Waals surface area contributed by atoms with Gasteiger partial charge in [0.15, 0.2) is 0 Å². The molecule has 3 heterocycles. The van der Waals surface area contributed by atoms with E-state index >= 15 is 0 Å². The number of hydrogen-bond donors (Lipinski definition) is 18. The van der Waals surface area contributed by atoms with Gasteiger partial charge in [0, 0.05) is 107 Å². The van der Waals surface area contributed by atoms with Crippen LogP contribution in [0.1, 0.15) is 203 Å². The van der Waals surface area contributed by atoms with Crippen LogP contribution in [-0.4, -0.2) is 216 Å². The van der Waals surface area contributed by atoms with Crippen molar-refractivity contribution in [3.63, 3.8) is 0 Å². The second-order valence-corrected chi connectivity index (χ2v) is 33.9. The summed E-state index contributed by atoms with van der Waals surface area (Å²) in [6.45, 7) is 15.5. The number of nitrogens with one attached hydrogen (secondary N) is 8. The number of carbonyl (C=O) groups excluding carboxylic acids is 14. The van der Waals surface area contributed by atoms with Crippen LogP contribution in [-0.2, 0) is 107 Å². The Morgan fingerprint density at radius 1 is 0.385 bits per heavy atom. The summed E-state index contributed by atoms with van der Waals surface area (Å²) in [6.07, 6.45) is 12.1. The highest BCUT2D eigenvalue weighted by Gasteiger charge is 2.33. The number of aromatic carboxylic acids is 1. The lowest BCUT2D eigenvalue weighted by molar-refractivity contribution is -0.149. The summed E-state index contributed by atoms with van der Waals surface area (Å²) in [6, 6.07) is 12.8. The number of imide groups is 3. The molecule has 0 fully saturated rings. The Kier molecular flexibility index (Phi) is 57.2. The van der Waals surface area contributed by atoms with E-state index in [1.807, 2.05) is 5.43 Å². The van der Waals surface area contributed by atoms with E-state index in [-0.39, 0.29) is 132 Å². The Labute approximate surface area is 750 Å². The zero-order valence-electron chi connectivity index (χ0n) is 69.5. The van der Waals surface area contributed by atoms with Gasteiger partial charge in [0.05, 0.1) is 22.3 Å². The fourth-order valence-corrected chi connectivity index (χ4v) is 12.6. The van der Waals surface area contributed by atoms with Crippen molar-refractivity contribution < 1.29 is 158 Å². The minimum Gasteiger partial charge on any atom is -0.481 e. The molecule has 4 aromatic rings. The molecule has 3 aliphatic heterocycles. The number of nitrogen functional groups attached to an aromatic ring is 3. The zero-order chi connectivity index (χ0) is 96.7. The van der Waals surface area contributed by atoms with Gasteiger partial charge in [-0.1, -0.05) is 41.5 Å². The highest BCUT2D eigenvalue weighted by atomic mass is 32.2. The normalized spacial score (nSPS) is 12.3. The summed E-state index contributed by atoms with van der Waals surface area (Å²) in [5.74, 6) is -1.24. The summed E-state index contributed by atoms with van der Waals surface area (Å²) in [4.78, 5) is 183. The number of amides is 10. The monoisotopic (exact) mass is 1920 g/mol. The van der Waals surface area contributed by atoms with Gasteiger partial charge < -0.3 is 46.5 Å². The first kappa shape index (κ1) is 128. The van der Waals surface area contributed by atoms with Crippen molar-refractivity contribution >= 4 is 166 Å². The number of anilines is 4. The van der Waals surface area contributed by atoms with Crippen LogP contribution < -0.4 is 44.6 Å². The Bertz CT molecular complexity index is 5210. The average Bonchev–Trinajstić information content (AvgIpc) is 0.999. The fourth-order valence-electron chi connectivity index (χ4n) is 9.71. The van der Waals surface area contributed by atoms with Crippen LogP contribution in [0.2, 0.25) is 0 Å². The number of esters is 2. The molecule has 0 saturated carbocycles. The van der Waals surface area contributed by atoms with Crippen molar-refractivity contribution in [1.82, 2.24) is 25.6 Å². The van der Waals surface area contributed by atoms with Crippen molar-refractivity contribution in [2.45, 2.75) is 198 Å². The molecule has 0 atom stereocenters. The Morgan fingerprint density at radius 2 is 0.646 bits per heavy atom. The molecule has 3 aliphatic rings. The largest absolute Gasteiger partial charge is 0.481 e. The third-order valence-electron chi connectivity index (χ3n) is 15.0. The van der Waals surface area contributed by atoms with Gasteiger partial charge in [0.2, 0.25) is 11.8 Å². The standard InChI is InChI=1S/C22H26N2O9S.C17H20N4O7S.C12H15NO6S.C10H13NO4.C7H7NO5S.C5H12N2O2.3CH4.B.FH.2H2N2/c1-22(2,3)33-21(29)20(28)15-9-8-14(13-16(15)34(30,31)32)23-17(25)7-5-4-6-12-24-18(26)10-11-19(24)27;18-20-17(25)12-6-5-11(10-13(12)29(26,27)28)19-14(22)4-2-1-3-9-21-15(23)7-8-16(21)24;1-12(2,3)19-11(15)10(14)8-5-4-7(13)6-9(8)20(16,17)18;12-8-5-6-9(13)11(8)7-3-1-2-4-10(14)15;8-4-1-2-5(7(9)10)6(3-4)14(11,12)13;1-5(2,3)9-4(8)7-6;;;;;;2*1-2/h8-11,13H,4-7,12H2,1-3H3,(H,23,25)(H,30,31,32);5-8,10H,1-4,9,18H2,(H,19,22)(H,20,25)(H,26,27,28);4-6H,13H2,1-3H3,(H,16,17,18);5-6H,1-4,7H2,(H,14,15);1-3H,8H2,(H,9,10)(H,11,12,13);6H2,1-3H3,(H,7,8);3*1H4;;1H;2*1-2H. The third kappa shape index (κ3) is 47.5. The third-order valence-corrected chi connectivity index (χ3v) is 18.6. The Morgan fingerprint density at radius 3 is 0.908 bits per heavy atom. The lowest BCUT2D eigenvalue weighted by Crippen LogP contribution is -2.36. The van der Waals surface area contributed by atoms with Crippen LogP contribution in [0.15, 0.2) is 129 Å². The number of carboxylic acid groups (broad SMARTS) is 2. The maximum atomic E-state index is 12.4. The van der Waals surface area contributed by atoms with Crippen LogP contribution in [0, 0.1) is 22.1 Å². The van der Waals surface area contributed by atoms with E-state index < -0.39 is 153 Å². The predicted octanol–water partition coefficient (Wildman–Crippen LogP) is 6.91. The average molecular weight is 1920 g/mol. The van der Waals surface area contributed by atoms with Gasteiger partial charge in [-0.3, -0.25) is 106 Å². The van der Waals surface area contributed by atoms with Gasteiger partial charge in [-0.15, -0.1) is 0 Å². The van der Waals surface area contributed by atoms with Crippen LogP contribution in [0.4, 0.5) is 32.2 Å². The molecule has 10 amide bonds. The molecular weight excluding hydrogens is 1810 g/mol. The summed E-state index contributed by atoms with van der Waals surface area (Å²) in [7, 11) is -18.9. The van der Waals surface area contributed by atoms with Crippen molar-refractivity contribution in [2.75, 3.05) is 41.7 Å². The van der Waals surface area contributed by atoms with Crippen LogP contribution in [0.3, 0.4) is 0 Å². The topological polar surface area (TPSA) is 816 Å². The van der Waals surface area contributed by atoms with Crippen molar-refractivity contribution in [3.05, 3.63) is 132 Å². The number of hydrazine groups is 2. The number of rotatable bonds is 30. The first-order valence-electron chi connectivity index (χ1n) is 36.0. The van der Waals surface area contributed by atoms with E-state index in [2.05, 4.69) is 10.6 Å². The van der Waals surface area contributed by atoms with Crippen molar-refractivity contribution in [2.24, 2.45) is 11.7 Å². The summed E-state index contributed by atoms with van der Waals surface area (Å²) in [5.41, 5.74) is 30.1. The number of ether oxygens (including phenoxy) is 3. The lowest BCUT2D eigenvalue weighted by Gasteiger charge is -2.19. The second kappa shape index (κ2) is 58.3. The highest BCUT2D eigenvalue weighted by Crippen LogP contribution is 2.27. The smallest absolute Gasteiger partial charge is 0.421 e. The molecule has 54 heteroatoms. The lowest BCUT2D eigenvalue weighted by atomic mass is 10.1. The number of benzene rings is 4. The van der Waals surface area contributed by atoms with E-state index in [4.69, 9.17) is 78.8 Å². The van der Waals surface area contributed by atoms with Gasteiger partial charge in [-0.25, -0.2) is 53.0 Å². The summed E-state index contributed by atoms with van der Waals surface area (Å²) in [5, 5.41) is 21.9. The highest BCUT2D eigenvalue weighted by molar-refractivity contribution is 7.86. The first-order chi connectivity index (χ1) is 57.6. The molecular formula is C76H110BFN15O33S4. The van der Waals surface area contributed by atoms with E-state index in [1.165, 1.54) is 86.4 Å². The number of hydrogen-bond acceptors (Lipinski definition) is 35. The molecule has 0 saturated heterocycles. The number of nitrogens with two attached hydrogens (primary N) is 4. The molecule has 0 spiro atoms. The number of ketones is 2. The van der Waals surface area contributed by atoms with Crippen LogP contribution in [0.5, 0.6) is 0 Å². The van der Waals surface area contributed by atoms with E-state index in [0.717, 1.165) is 58.3 Å². The maximum absolute atomic E-state index is 12.4. The van der Waals surface area contributed by atoms with E-state index in [9.17, 15) is 119 Å². The molecule has 0 bridgehead atoms. The minimum absolute atomic E-state index is 0. The predicted molar refractivity (Wildman–Crippen MR) is 464 cm³/mol. The maximum Gasteiger partial charge on any atom is 0.421 e. The SMILES string of the molecule is C.C.C.CC(C)(C)OC(=O)C(=O)c1ccc(N)cc1S(=O)(=O)O.CC(C)(C)OC(=O)C(=O)c1ccc(NC(=O)CCCCCN2C(=O)C=CC2=O)cc1S(=O)(=O)O.CC(C)(C)OC(=O)NN.F.N=N.N=N.NNC(=O)c1ccc(NC(=O)CCCCCN2C(=O)C=CC2=O)cc1S(=O)(=O)O.Nc1ccc(C(=O)O)c(S(=O)(=O)O)c1.O=C(O)CCCCCN1C(=O)C=CC1=O.[B]. The zero-order valence-corrected chi connectivity index (χ0v) is 72.7. The van der Waals surface area contributed by atoms with Gasteiger partial charge in [-0.05, 0) is 174 Å². The second-order valence-electron chi connectivity index (χ2n) is 28.3. The van der Waals surface area contributed by atoms with E-state index in [0.29, 0.717) is 64.3 Å². The molecule has 0 aliphatic carbocycles. The van der Waals surface area contributed by atoms with Gasteiger partial charge in [-0.2, -0.15) is 33.7 Å². The molecule has 48 nitrogen and oxygen atoms in total. The fraction of sp³-hybridized carbons (Fsp3) is 0.395. The number of Topliss-reactive ketones (excluding diaryl/α,β-unsaturated/α-hetero) is 2. The Hall–Kier alpha value is -13.2. The number of nitrogens with zero attached hydrogens (tertiary/aromatic N) is 3.